The molecule has 0 spiro atoms. The Hall–Kier alpha value is -2.24. The number of nitrogen functional groups attached to an aromatic ring is 1. The topological polar surface area (TPSA) is 81.4 Å². The Kier molecular flexibility index (Phi) is 5.47. The molecule has 0 aliphatic heterocycles. The average molecular weight is 353 g/mol. The Morgan fingerprint density at radius 2 is 1.91 bits per heavy atom. The maximum atomic E-state index is 12.3. The van der Waals surface area contributed by atoms with E-state index in [2.05, 4.69) is 5.32 Å². The van der Waals surface area contributed by atoms with Gasteiger partial charge in [-0.15, -0.1) is 0 Å². The lowest BCUT2D eigenvalue weighted by Gasteiger charge is -2.10. The monoisotopic (exact) mass is 352 g/mol. The summed E-state index contributed by atoms with van der Waals surface area (Å²) in [7, 11) is 0. The van der Waals surface area contributed by atoms with Gasteiger partial charge in [-0.25, -0.2) is 4.79 Å². The summed E-state index contributed by atoms with van der Waals surface area (Å²) in [6.45, 7) is 1.94. The largest absolute Gasteiger partial charge is 0.462 e. The summed E-state index contributed by atoms with van der Waals surface area (Å²) < 4.78 is 4.88. The molecule has 2 rings (SSSR count). The van der Waals surface area contributed by atoms with Gasteiger partial charge < -0.3 is 15.8 Å². The van der Waals surface area contributed by atoms with E-state index in [0.717, 1.165) is 0 Å². The number of nitrogens with two attached hydrogens (primary N) is 1. The van der Waals surface area contributed by atoms with Gasteiger partial charge in [-0.2, -0.15) is 0 Å². The number of hydrogen-bond donors (Lipinski definition) is 2. The number of halogens is 2. The van der Waals surface area contributed by atoms with E-state index in [9.17, 15) is 9.59 Å². The predicted molar refractivity (Wildman–Crippen MR) is 91.2 cm³/mol. The Morgan fingerprint density at radius 3 is 2.57 bits per heavy atom. The van der Waals surface area contributed by atoms with Crippen LogP contribution in [0.5, 0.6) is 0 Å². The summed E-state index contributed by atoms with van der Waals surface area (Å²) in [6.07, 6.45) is 0. The van der Waals surface area contributed by atoms with E-state index in [-0.39, 0.29) is 23.4 Å². The third-order valence-electron chi connectivity index (χ3n) is 2.99. The standard InChI is InChI=1S/C16H14Cl2N2O3/c1-2-23-16(22)11-5-3-9(7-13(11)19)15(21)20-14-8-10(17)4-6-12(14)18/h3-8H,2,19H2,1H3,(H,20,21). The molecule has 1 amide bonds. The van der Waals surface area contributed by atoms with Crippen molar-refractivity contribution in [2.45, 2.75) is 6.92 Å². The summed E-state index contributed by atoms with van der Waals surface area (Å²) >= 11 is 11.9. The van der Waals surface area contributed by atoms with Crippen molar-refractivity contribution < 1.29 is 14.3 Å². The number of carbonyl (C=O) groups excluding carboxylic acids is 2. The van der Waals surface area contributed by atoms with Crippen molar-refractivity contribution in [1.29, 1.82) is 0 Å². The molecule has 3 N–H and O–H groups in total. The normalized spacial score (nSPS) is 10.2. The van der Waals surface area contributed by atoms with Gasteiger partial charge in [0.05, 0.1) is 22.9 Å². The van der Waals surface area contributed by atoms with Crippen LogP contribution in [0, 0.1) is 0 Å². The van der Waals surface area contributed by atoms with E-state index >= 15 is 0 Å². The molecular formula is C16H14Cl2N2O3. The lowest BCUT2D eigenvalue weighted by atomic mass is 10.1. The quantitative estimate of drug-likeness (QED) is 0.643. The zero-order chi connectivity index (χ0) is 17.0. The summed E-state index contributed by atoms with van der Waals surface area (Å²) in [6, 6.07) is 9.07. The molecule has 0 aliphatic rings. The highest BCUT2D eigenvalue weighted by atomic mass is 35.5. The molecule has 0 radical (unpaired) electrons. The molecule has 7 heteroatoms. The van der Waals surface area contributed by atoms with Crippen molar-refractivity contribution in [3.05, 3.63) is 57.6 Å². The predicted octanol–water partition coefficient (Wildman–Crippen LogP) is 4.00. The van der Waals surface area contributed by atoms with Crippen molar-refractivity contribution in [2.75, 3.05) is 17.7 Å². The van der Waals surface area contributed by atoms with Gasteiger partial charge in [0.15, 0.2) is 0 Å². The van der Waals surface area contributed by atoms with Gasteiger partial charge in [0.25, 0.3) is 5.91 Å². The molecular weight excluding hydrogens is 339 g/mol. The number of hydrogen-bond acceptors (Lipinski definition) is 4. The fraction of sp³-hybridized carbons (Fsp3) is 0.125. The van der Waals surface area contributed by atoms with E-state index in [1.165, 1.54) is 24.3 Å². The molecule has 2 aromatic carbocycles. The number of ether oxygens (including phenoxy) is 1. The maximum absolute atomic E-state index is 12.3. The summed E-state index contributed by atoms with van der Waals surface area (Å²) in [5.41, 5.74) is 6.85. The number of carbonyl (C=O) groups is 2. The first-order valence-electron chi connectivity index (χ1n) is 6.75. The Labute approximate surface area is 143 Å². The third kappa shape index (κ3) is 4.15. The molecule has 0 saturated heterocycles. The highest BCUT2D eigenvalue weighted by molar-refractivity contribution is 6.35. The number of anilines is 2. The van der Waals surface area contributed by atoms with Crippen molar-refractivity contribution in [3.8, 4) is 0 Å². The molecule has 5 nitrogen and oxygen atoms in total. The van der Waals surface area contributed by atoms with Crippen molar-refractivity contribution in [2.24, 2.45) is 0 Å². The molecule has 0 unspecified atom stereocenters. The van der Waals surface area contributed by atoms with Gasteiger partial charge in [0, 0.05) is 16.3 Å². The van der Waals surface area contributed by atoms with Crippen LogP contribution in [0.2, 0.25) is 10.0 Å². The van der Waals surface area contributed by atoms with Crippen molar-refractivity contribution >= 4 is 46.5 Å². The molecule has 120 valence electrons. The van der Waals surface area contributed by atoms with Crippen molar-refractivity contribution in [3.63, 3.8) is 0 Å². The highest BCUT2D eigenvalue weighted by Crippen LogP contribution is 2.26. The van der Waals surface area contributed by atoms with Gasteiger partial charge in [-0.1, -0.05) is 23.2 Å². The maximum Gasteiger partial charge on any atom is 0.340 e. The molecule has 0 atom stereocenters. The fourth-order valence-corrected chi connectivity index (χ4v) is 2.22. The van der Waals surface area contributed by atoms with Gasteiger partial charge in [0.1, 0.15) is 0 Å². The van der Waals surface area contributed by atoms with E-state index in [1.54, 1.807) is 19.1 Å². The fourth-order valence-electron chi connectivity index (χ4n) is 1.89. The second-order valence-corrected chi connectivity index (χ2v) is 5.44. The molecule has 0 aliphatic carbocycles. The average Bonchev–Trinajstić information content (AvgIpc) is 2.51. The Morgan fingerprint density at radius 1 is 1.17 bits per heavy atom. The Bertz CT molecular complexity index is 763. The van der Waals surface area contributed by atoms with Gasteiger partial charge in [0.2, 0.25) is 0 Å². The second kappa shape index (κ2) is 7.35. The smallest absolute Gasteiger partial charge is 0.340 e. The number of rotatable bonds is 4. The zero-order valence-electron chi connectivity index (χ0n) is 12.2. The summed E-state index contributed by atoms with van der Waals surface area (Å²) in [4.78, 5) is 23.9. The first-order chi connectivity index (χ1) is 10.9. The number of benzene rings is 2. The minimum absolute atomic E-state index is 0.160. The van der Waals surface area contributed by atoms with Crippen LogP contribution >= 0.6 is 23.2 Å². The summed E-state index contributed by atoms with van der Waals surface area (Å²) in [5, 5.41) is 3.45. The molecule has 0 fully saturated rings. The first-order valence-corrected chi connectivity index (χ1v) is 7.51. The molecule has 0 saturated carbocycles. The lowest BCUT2D eigenvalue weighted by Crippen LogP contribution is -2.14. The van der Waals surface area contributed by atoms with Crippen LogP contribution < -0.4 is 11.1 Å². The van der Waals surface area contributed by atoms with Gasteiger partial charge >= 0.3 is 5.97 Å². The van der Waals surface area contributed by atoms with Crippen LogP contribution in [0.4, 0.5) is 11.4 Å². The molecule has 0 bridgehead atoms. The van der Waals surface area contributed by atoms with E-state index in [4.69, 9.17) is 33.7 Å². The van der Waals surface area contributed by atoms with Crippen LogP contribution in [0.3, 0.4) is 0 Å². The van der Waals surface area contributed by atoms with Crippen molar-refractivity contribution in [1.82, 2.24) is 0 Å². The first kappa shape index (κ1) is 17.1. The molecule has 0 heterocycles. The van der Waals surface area contributed by atoms with Crippen LogP contribution in [-0.4, -0.2) is 18.5 Å². The van der Waals surface area contributed by atoms with E-state index < -0.39 is 11.9 Å². The van der Waals surface area contributed by atoms with Crippen LogP contribution in [0.25, 0.3) is 0 Å². The number of nitrogens with one attached hydrogen (secondary N) is 1. The minimum atomic E-state index is -0.533. The minimum Gasteiger partial charge on any atom is -0.462 e. The molecule has 23 heavy (non-hydrogen) atoms. The van der Waals surface area contributed by atoms with Gasteiger partial charge in [-0.3, -0.25) is 4.79 Å². The SMILES string of the molecule is CCOC(=O)c1ccc(C(=O)Nc2cc(Cl)ccc2Cl)cc1N. The van der Waals surface area contributed by atoms with Crippen LogP contribution in [0.15, 0.2) is 36.4 Å². The molecule has 2 aromatic rings. The molecule has 0 aromatic heterocycles. The lowest BCUT2D eigenvalue weighted by molar-refractivity contribution is 0.0527. The zero-order valence-corrected chi connectivity index (χ0v) is 13.7. The number of amides is 1. The van der Waals surface area contributed by atoms with Gasteiger partial charge in [-0.05, 0) is 43.3 Å². The number of esters is 1. The van der Waals surface area contributed by atoms with Crippen LogP contribution in [0.1, 0.15) is 27.6 Å². The third-order valence-corrected chi connectivity index (χ3v) is 3.55. The summed E-state index contributed by atoms with van der Waals surface area (Å²) in [5.74, 6) is -0.953. The van der Waals surface area contributed by atoms with E-state index in [0.29, 0.717) is 15.7 Å². The highest BCUT2D eigenvalue weighted by Gasteiger charge is 2.15. The Balaban J connectivity index is 2.22. The van der Waals surface area contributed by atoms with E-state index in [1.807, 2.05) is 0 Å². The van der Waals surface area contributed by atoms with Crippen LogP contribution in [-0.2, 0) is 4.74 Å². The second-order valence-electron chi connectivity index (χ2n) is 4.60.